The monoisotopic (exact) mass is 464 g/mol. The van der Waals surface area contributed by atoms with Gasteiger partial charge in [-0.2, -0.15) is 0 Å². The van der Waals surface area contributed by atoms with E-state index in [-0.39, 0.29) is 23.3 Å². The van der Waals surface area contributed by atoms with Gasteiger partial charge in [0.25, 0.3) is 5.91 Å². The lowest BCUT2D eigenvalue weighted by atomic mass is 10.1. The first-order chi connectivity index (χ1) is 15.9. The standard InChI is InChI=1S/C25H24N2O5S/c28-24(17-8-18-6-15-23(16-7-18)33(30,31)27-21-9-10-21)32-22-13-11-20(12-14-22)26-25(29)19-4-2-1-3-5-19/h1-7,11-16,21,27H,8-10,17H2,(H,26,29). The minimum absolute atomic E-state index is 0.0543. The highest BCUT2D eigenvalue weighted by Crippen LogP contribution is 2.22. The van der Waals surface area contributed by atoms with Gasteiger partial charge in [0, 0.05) is 23.7 Å². The molecule has 0 heterocycles. The van der Waals surface area contributed by atoms with Crippen molar-refractivity contribution in [3.05, 3.63) is 90.0 Å². The molecule has 1 fully saturated rings. The molecule has 0 aliphatic heterocycles. The SMILES string of the molecule is O=C(CCc1ccc(S(=O)(=O)NC2CC2)cc1)Oc1ccc(NC(=O)c2ccccc2)cc1. The zero-order valence-electron chi connectivity index (χ0n) is 17.9. The summed E-state index contributed by atoms with van der Waals surface area (Å²) < 4.78 is 32.4. The third-order valence-corrected chi connectivity index (χ3v) is 6.67. The molecular formula is C25H24N2O5S. The first-order valence-corrected chi connectivity index (χ1v) is 12.2. The number of sulfonamides is 1. The molecule has 170 valence electrons. The average Bonchev–Trinajstić information content (AvgIpc) is 3.63. The number of nitrogens with one attached hydrogen (secondary N) is 2. The topological polar surface area (TPSA) is 102 Å². The molecule has 0 spiro atoms. The molecule has 1 saturated carbocycles. The van der Waals surface area contributed by atoms with E-state index in [0.29, 0.717) is 23.4 Å². The molecule has 1 amide bonds. The highest BCUT2D eigenvalue weighted by atomic mass is 32.2. The molecule has 0 atom stereocenters. The van der Waals surface area contributed by atoms with E-state index in [0.717, 1.165) is 18.4 Å². The van der Waals surface area contributed by atoms with E-state index in [1.807, 2.05) is 6.07 Å². The lowest BCUT2D eigenvalue weighted by Gasteiger charge is -2.08. The van der Waals surface area contributed by atoms with E-state index in [1.165, 1.54) is 0 Å². The summed E-state index contributed by atoms with van der Waals surface area (Å²) in [5, 5.41) is 2.79. The van der Waals surface area contributed by atoms with Crippen molar-refractivity contribution < 1.29 is 22.7 Å². The van der Waals surface area contributed by atoms with Gasteiger partial charge in [-0.1, -0.05) is 30.3 Å². The Kier molecular flexibility index (Phi) is 6.86. The van der Waals surface area contributed by atoms with Gasteiger partial charge >= 0.3 is 5.97 Å². The van der Waals surface area contributed by atoms with Crippen molar-refractivity contribution in [3.63, 3.8) is 0 Å². The van der Waals surface area contributed by atoms with Crippen LogP contribution >= 0.6 is 0 Å². The van der Waals surface area contributed by atoms with Crippen LogP contribution in [0.5, 0.6) is 5.75 Å². The van der Waals surface area contributed by atoms with E-state index >= 15 is 0 Å². The predicted octanol–water partition coefficient (Wildman–Crippen LogP) is 3.92. The van der Waals surface area contributed by atoms with Gasteiger partial charge < -0.3 is 10.1 Å². The molecule has 4 rings (SSSR count). The molecule has 3 aromatic carbocycles. The lowest BCUT2D eigenvalue weighted by Crippen LogP contribution is -2.25. The first-order valence-electron chi connectivity index (χ1n) is 10.7. The highest BCUT2D eigenvalue weighted by Gasteiger charge is 2.27. The van der Waals surface area contributed by atoms with E-state index in [4.69, 9.17) is 4.74 Å². The van der Waals surface area contributed by atoms with Crippen LogP contribution in [-0.2, 0) is 21.2 Å². The molecule has 1 aliphatic rings. The maximum atomic E-state index is 12.2. The van der Waals surface area contributed by atoms with Crippen molar-refractivity contribution in [2.24, 2.45) is 0 Å². The Balaban J connectivity index is 1.25. The Hall–Kier alpha value is -3.49. The van der Waals surface area contributed by atoms with E-state index < -0.39 is 16.0 Å². The Morgan fingerprint density at radius 2 is 1.55 bits per heavy atom. The van der Waals surface area contributed by atoms with Crippen molar-refractivity contribution in [1.29, 1.82) is 0 Å². The van der Waals surface area contributed by atoms with Crippen LogP contribution in [0.15, 0.2) is 83.8 Å². The van der Waals surface area contributed by atoms with E-state index in [9.17, 15) is 18.0 Å². The third kappa shape index (κ3) is 6.50. The fourth-order valence-electron chi connectivity index (χ4n) is 3.15. The summed E-state index contributed by atoms with van der Waals surface area (Å²) in [5.41, 5.74) is 1.99. The summed E-state index contributed by atoms with van der Waals surface area (Å²) >= 11 is 0. The number of hydrogen-bond acceptors (Lipinski definition) is 5. The van der Waals surface area contributed by atoms with Crippen molar-refractivity contribution in [1.82, 2.24) is 4.72 Å². The second-order valence-corrected chi connectivity index (χ2v) is 9.57. The summed E-state index contributed by atoms with van der Waals surface area (Å²) in [6.45, 7) is 0. The van der Waals surface area contributed by atoms with Gasteiger partial charge in [0.05, 0.1) is 4.90 Å². The predicted molar refractivity (Wildman–Crippen MR) is 125 cm³/mol. The average molecular weight is 465 g/mol. The Bertz CT molecular complexity index is 1220. The minimum Gasteiger partial charge on any atom is -0.427 e. The quantitative estimate of drug-likeness (QED) is 0.369. The second kappa shape index (κ2) is 9.97. The molecule has 7 nitrogen and oxygen atoms in total. The third-order valence-electron chi connectivity index (χ3n) is 5.13. The van der Waals surface area contributed by atoms with Crippen LogP contribution in [0.2, 0.25) is 0 Å². The van der Waals surface area contributed by atoms with Crippen molar-refractivity contribution in [3.8, 4) is 5.75 Å². The van der Waals surface area contributed by atoms with Crippen molar-refractivity contribution >= 4 is 27.6 Å². The first kappa shape index (κ1) is 22.7. The van der Waals surface area contributed by atoms with Crippen LogP contribution in [-0.4, -0.2) is 26.3 Å². The number of aryl methyl sites for hydroxylation is 1. The van der Waals surface area contributed by atoms with E-state index in [2.05, 4.69) is 10.0 Å². The molecule has 0 unspecified atom stereocenters. The molecule has 1 aliphatic carbocycles. The van der Waals surface area contributed by atoms with Crippen LogP contribution in [0.25, 0.3) is 0 Å². The summed E-state index contributed by atoms with van der Waals surface area (Å²) in [7, 11) is -3.48. The normalized spacial score (nSPS) is 13.3. The second-order valence-electron chi connectivity index (χ2n) is 7.86. The fraction of sp³-hybridized carbons (Fsp3) is 0.200. The number of carbonyl (C=O) groups is 2. The summed E-state index contributed by atoms with van der Waals surface area (Å²) in [6, 6.07) is 22.0. The van der Waals surface area contributed by atoms with Gasteiger partial charge in [-0.3, -0.25) is 9.59 Å². The zero-order valence-corrected chi connectivity index (χ0v) is 18.7. The summed E-state index contributed by atoms with van der Waals surface area (Å²) in [6.07, 6.45) is 2.34. The smallest absolute Gasteiger partial charge is 0.311 e. The Morgan fingerprint density at radius 1 is 0.879 bits per heavy atom. The van der Waals surface area contributed by atoms with Crippen molar-refractivity contribution in [2.45, 2.75) is 36.6 Å². The molecular weight excluding hydrogens is 440 g/mol. The molecule has 3 aromatic rings. The van der Waals surface area contributed by atoms with Crippen LogP contribution < -0.4 is 14.8 Å². The number of anilines is 1. The van der Waals surface area contributed by atoms with Crippen LogP contribution in [0.3, 0.4) is 0 Å². The largest absolute Gasteiger partial charge is 0.427 e. The van der Waals surface area contributed by atoms with Crippen LogP contribution in [0.4, 0.5) is 5.69 Å². The highest BCUT2D eigenvalue weighted by molar-refractivity contribution is 7.89. The van der Waals surface area contributed by atoms with Gasteiger partial charge in [-0.05, 0) is 73.4 Å². The number of benzene rings is 3. The Morgan fingerprint density at radius 3 is 2.18 bits per heavy atom. The molecule has 0 aromatic heterocycles. The molecule has 33 heavy (non-hydrogen) atoms. The van der Waals surface area contributed by atoms with Gasteiger partial charge in [0.15, 0.2) is 0 Å². The molecule has 2 N–H and O–H groups in total. The van der Waals surface area contributed by atoms with Gasteiger partial charge in [-0.15, -0.1) is 0 Å². The number of rotatable bonds is 9. The summed E-state index contributed by atoms with van der Waals surface area (Å²) in [5.74, 6) is -0.240. The molecule has 0 saturated heterocycles. The molecule has 0 radical (unpaired) electrons. The molecule has 0 bridgehead atoms. The lowest BCUT2D eigenvalue weighted by molar-refractivity contribution is -0.134. The fourth-order valence-corrected chi connectivity index (χ4v) is 4.46. The maximum Gasteiger partial charge on any atom is 0.311 e. The number of carbonyl (C=O) groups excluding carboxylic acids is 2. The van der Waals surface area contributed by atoms with Gasteiger partial charge in [0.1, 0.15) is 5.75 Å². The maximum absolute atomic E-state index is 12.2. The van der Waals surface area contributed by atoms with Gasteiger partial charge in [0.2, 0.25) is 10.0 Å². The van der Waals surface area contributed by atoms with Crippen molar-refractivity contribution in [2.75, 3.05) is 5.32 Å². The zero-order chi connectivity index (χ0) is 23.3. The van der Waals surface area contributed by atoms with Crippen LogP contribution in [0.1, 0.15) is 35.2 Å². The number of amides is 1. The Labute approximate surface area is 192 Å². The number of ether oxygens (including phenoxy) is 1. The van der Waals surface area contributed by atoms with Crippen LogP contribution in [0, 0.1) is 0 Å². The number of hydrogen-bond donors (Lipinski definition) is 2. The van der Waals surface area contributed by atoms with Gasteiger partial charge in [-0.25, -0.2) is 13.1 Å². The minimum atomic E-state index is -3.48. The van der Waals surface area contributed by atoms with E-state index in [1.54, 1.807) is 72.8 Å². The molecule has 8 heteroatoms. The summed E-state index contributed by atoms with van der Waals surface area (Å²) in [4.78, 5) is 24.6. The number of esters is 1.